The molecule has 0 aromatic heterocycles. The Labute approximate surface area is 118 Å². The van der Waals surface area contributed by atoms with E-state index in [9.17, 15) is 0 Å². The van der Waals surface area contributed by atoms with E-state index in [2.05, 4.69) is 47.5 Å². The van der Waals surface area contributed by atoms with Gasteiger partial charge in [-0.3, -0.25) is 0 Å². The Bertz CT molecular complexity index is 328. The maximum atomic E-state index is 3.71. The molecular formula is C17H28N2. The van der Waals surface area contributed by atoms with Crippen molar-refractivity contribution in [3.8, 4) is 0 Å². The molecule has 1 aliphatic heterocycles. The topological polar surface area (TPSA) is 15.3 Å². The molecule has 0 radical (unpaired) electrons. The summed E-state index contributed by atoms with van der Waals surface area (Å²) in [5, 5.41) is 3.71. The molecule has 1 atom stereocenters. The first-order valence-electron chi connectivity index (χ1n) is 7.91. The first-order chi connectivity index (χ1) is 9.40. The van der Waals surface area contributed by atoms with Gasteiger partial charge in [0.1, 0.15) is 0 Å². The molecule has 106 valence electrons. The second kappa shape index (κ2) is 8.34. The van der Waals surface area contributed by atoms with E-state index in [1.165, 1.54) is 50.9 Å². The van der Waals surface area contributed by atoms with Crippen molar-refractivity contribution >= 4 is 0 Å². The summed E-state index contributed by atoms with van der Waals surface area (Å²) in [5.41, 5.74) is 1.42. The third kappa shape index (κ3) is 4.96. The van der Waals surface area contributed by atoms with E-state index in [0.29, 0.717) is 6.04 Å². The molecule has 1 aromatic rings. The number of nitrogens with zero attached hydrogens (tertiary/aromatic N) is 1. The van der Waals surface area contributed by atoms with E-state index in [1.807, 2.05) is 0 Å². The van der Waals surface area contributed by atoms with E-state index >= 15 is 0 Å². The van der Waals surface area contributed by atoms with E-state index in [0.717, 1.165) is 13.0 Å². The van der Waals surface area contributed by atoms with Crippen LogP contribution in [-0.2, 0) is 0 Å². The number of hydrogen-bond donors (Lipinski definition) is 1. The molecule has 1 saturated heterocycles. The zero-order valence-electron chi connectivity index (χ0n) is 12.3. The predicted molar refractivity (Wildman–Crippen MR) is 82.4 cm³/mol. The predicted octanol–water partition coefficient (Wildman–Crippen LogP) is 3.60. The lowest BCUT2D eigenvalue weighted by atomic mass is 10.0. The Kier molecular flexibility index (Phi) is 6.38. The van der Waals surface area contributed by atoms with Crippen LogP contribution in [0, 0.1) is 0 Å². The Morgan fingerprint density at radius 3 is 2.37 bits per heavy atom. The molecule has 0 aliphatic carbocycles. The minimum absolute atomic E-state index is 0.508. The number of rotatable bonds is 6. The van der Waals surface area contributed by atoms with Crippen LogP contribution in [0.25, 0.3) is 0 Å². The third-order valence-corrected chi connectivity index (χ3v) is 4.13. The highest BCUT2D eigenvalue weighted by Crippen LogP contribution is 2.15. The van der Waals surface area contributed by atoms with E-state index < -0.39 is 0 Å². The van der Waals surface area contributed by atoms with Crippen LogP contribution in [0.1, 0.15) is 50.6 Å². The highest BCUT2D eigenvalue weighted by Gasteiger charge is 2.11. The highest BCUT2D eigenvalue weighted by atomic mass is 15.1. The number of hydrogen-bond acceptors (Lipinski definition) is 2. The second-order valence-electron chi connectivity index (χ2n) is 5.58. The monoisotopic (exact) mass is 260 g/mol. The fraction of sp³-hybridized carbons (Fsp3) is 0.647. The molecule has 1 unspecified atom stereocenters. The lowest BCUT2D eigenvalue weighted by Crippen LogP contribution is -2.34. The van der Waals surface area contributed by atoms with Crippen LogP contribution >= 0.6 is 0 Å². The van der Waals surface area contributed by atoms with Crippen LogP contribution < -0.4 is 5.32 Å². The molecule has 1 aromatic carbocycles. The first kappa shape index (κ1) is 14.5. The number of benzene rings is 1. The Morgan fingerprint density at radius 2 is 1.74 bits per heavy atom. The zero-order valence-corrected chi connectivity index (χ0v) is 12.3. The average molecular weight is 260 g/mol. The molecule has 1 heterocycles. The molecule has 1 aliphatic rings. The number of nitrogens with one attached hydrogen (secondary N) is 1. The molecule has 0 spiro atoms. The summed E-state index contributed by atoms with van der Waals surface area (Å²) >= 11 is 0. The molecule has 2 nitrogen and oxygen atoms in total. The molecule has 19 heavy (non-hydrogen) atoms. The van der Waals surface area contributed by atoms with Crippen molar-refractivity contribution in [3.63, 3.8) is 0 Å². The summed E-state index contributed by atoms with van der Waals surface area (Å²) in [7, 11) is 0. The van der Waals surface area contributed by atoms with Crippen molar-refractivity contribution in [2.24, 2.45) is 0 Å². The van der Waals surface area contributed by atoms with Gasteiger partial charge in [0, 0.05) is 19.1 Å². The van der Waals surface area contributed by atoms with Gasteiger partial charge in [-0.1, -0.05) is 50.1 Å². The fourth-order valence-corrected chi connectivity index (χ4v) is 2.94. The van der Waals surface area contributed by atoms with Crippen LogP contribution in [0.5, 0.6) is 0 Å². The summed E-state index contributed by atoms with van der Waals surface area (Å²) in [5.74, 6) is 0. The molecule has 1 fully saturated rings. The molecule has 2 rings (SSSR count). The van der Waals surface area contributed by atoms with Crippen LogP contribution in [0.15, 0.2) is 30.3 Å². The third-order valence-electron chi connectivity index (χ3n) is 4.13. The summed E-state index contributed by atoms with van der Waals surface area (Å²) in [6, 6.07) is 11.3. The van der Waals surface area contributed by atoms with Crippen molar-refractivity contribution in [3.05, 3.63) is 35.9 Å². The van der Waals surface area contributed by atoms with Gasteiger partial charge in [0.05, 0.1) is 0 Å². The molecule has 2 heteroatoms. The van der Waals surface area contributed by atoms with Crippen LogP contribution in [0.3, 0.4) is 0 Å². The second-order valence-corrected chi connectivity index (χ2v) is 5.58. The largest absolute Gasteiger partial charge is 0.309 e. The first-order valence-corrected chi connectivity index (χ1v) is 7.91. The molecular weight excluding hydrogens is 232 g/mol. The zero-order chi connectivity index (χ0) is 13.3. The van der Waals surface area contributed by atoms with E-state index in [4.69, 9.17) is 0 Å². The van der Waals surface area contributed by atoms with E-state index in [1.54, 1.807) is 0 Å². The molecule has 1 N–H and O–H groups in total. The smallest absolute Gasteiger partial charge is 0.0318 e. The van der Waals surface area contributed by atoms with Gasteiger partial charge in [-0.25, -0.2) is 0 Å². The van der Waals surface area contributed by atoms with Crippen LogP contribution in [-0.4, -0.2) is 31.1 Å². The molecule has 0 bridgehead atoms. The van der Waals surface area contributed by atoms with Gasteiger partial charge in [-0.05, 0) is 37.9 Å². The van der Waals surface area contributed by atoms with Gasteiger partial charge >= 0.3 is 0 Å². The van der Waals surface area contributed by atoms with Crippen molar-refractivity contribution in [1.29, 1.82) is 0 Å². The normalized spacial score (nSPS) is 19.0. The van der Waals surface area contributed by atoms with Crippen molar-refractivity contribution < 1.29 is 0 Å². The Morgan fingerprint density at radius 1 is 1.05 bits per heavy atom. The SMILES string of the molecule is CCC(NCCN1CCCCCC1)c1ccccc1. The lowest BCUT2D eigenvalue weighted by molar-refractivity contribution is 0.278. The Hall–Kier alpha value is -0.860. The molecule has 0 saturated carbocycles. The van der Waals surface area contributed by atoms with Gasteiger partial charge in [0.2, 0.25) is 0 Å². The molecule has 0 amide bonds. The Balaban J connectivity index is 1.74. The summed E-state index contributed by atoms with van der Waals surface area (Å²) in [6.07, 6.45) is 6.77. The van der Waals surface area contributed by atoms with Crippen LogP contribution in [0.4, 0.5) is 0 Å². The number of likely N-dealkylation sites (tertiary alicyclic amines) is 1. The standard InChI is InChI=1S/C17H28N2/c1-2-17(16-10-6-5-7-11-16)18-12-15-19-13-8-3-4-9-14-19/h5-7,10-11,17-18H,2-4,8-9,12-15H2,1H3. The van der Waals surface area contributed by atoms with Crippen molar-refractivity contribution in [2.45, 2.75) is 45.1 Å². The summed E-state index contributed by atoms with van der Waals surface area (Å²) in [4.78, 5) is 2.62. The maximum Gasteiger partial charge on any atom is 0.0318 e. The van der Waals surface area contributed by atoms with Gasteiger partial charge in [0.25, 0.3) is 0 Å². The van der Waals surface area contributed by atoms with Gasteiger partial charge in [-0.15, -0.1) is 0 Å². The average Bonchev–Trinajstić information content (AvgIpc) is 2.73. The van der Waals surface area contributed by atoms with Gasteiger partial charge in [-0.2, -0.15) is 0 Å². The minimum Gasteiger partial charge on any atom is -0.309 e. The quantitative estimate of drug-likeness (QED) is 0.840. The minimum atomic E-state index is 0.508. The maximum absolute atomic E-state index is 3.71. The fourth-order valence-electron chi connectivity index (χ4n) is 2.94. The van der Waals surface area contributed by atoms with Gasteiger partial charge in [0.15, 0.2) is 0 Å². The van der Waals surface area contributed by atoms with Gasteiger partial charge < -0.3 is 10.2 Å². The highest BCUT2D eigenvalue weighted by molar-refractivity contribution is 5.18. The van der Waals surface area contributed by atoms with E-state index in [-0.39, 0.29) is 0 Å². The lowest BCUT2D eigenvalue weighted by Gasteiger charge is -2.23. The van der Waals surface area contributed by atoms with Crippen LogP contribution in [0.2, 0.25) is 0 Å². The summed E-state index contributed by atoms with van der Waals surface area (Å²) in [6.45, 7) is 7.15. The summed E-state index contributed by atoms with van der Waals surface area (Å²) < 4.78 is 0. The van der Waals surface area contributed by atoms with Crippen molar-refractivity contribution in [2.75, 3.05) is 26.2 Å². The van der Waals surface area contributed by atoms with Crippen molar-refractivity contribution in [1.82, 2.24) is 10.2 Å².